The van der Waals surface area contributed by atoms with Crippen molar-refractivity contribution in [2.24, 2.45) is 0 Å². The van der Waals surface area contributed by atoms with Gasteiger partial charge in [-0.05, 0) is 62.4 Å². The summed E-state index contributed by atoms with van der Waals surface area (Å²) < 4.78 is 13.1. The van der Waals surface area contributed by atoms with Crippen LogP contribution in [0.4, 0.5) is 21.5 Å². The average Bonchev–Trinajstić information content (AvgIpc) is 2.65. The lowest BCUT2D eigenvalue weighted by Gasteiger charge is -2.22. The van der Waals surface area contributed by atoms with Crippen LogP contribution in [0.3, 0.4) is 0 Å². The van der Waals surface area contributed by atoms with Gasteiger partial charge in [-0.3, -0.25) is 9.59 Å². The third-order valence-electron chi connectivity index (χ3n) is 4.36. The van der Waals surface area contributed by atoms with Crippen LogP contribution >= 0.6 is 0 Å². The van der Waals surface area contributed by atoms with Crippen molar-refractivity contribution in [1.82, 2.24) is 0 Å². The largest absolute Gasteiger partial charge is 0.372 e. The number of amides is 2. The molecule has 27 heavy (non-hydrogen) atoms. The molecule has 0 unspecified atom stereocenters. The van der Waals surface area contributed by atoms with E-state index in [9.17, 15) is 14.0 Å². The Kier molecular flexibility index (Phi) is 7.34. The highest BCUT2D eigenvalue weighted by atomic mass is 19.1. The molecule has 0 bridgehead atoms. The summed E-state index contributed by atoms with van der Waals surface area (Å²) in [6.07, 6.45) is 0.148. The first-order chi connectivity index (χ1) is 12.9. The van der Waals surface area contributed by atoms with E-state index in [1.165, 1.54) is 36.1 Å². The van der Waals surface area contributed by atoms with Gasteiger partial charge in [0.25, 0.3) is 0 Å². The van der Waals surface area contributed by atoms with Crippen LogP contribution in [0.2, 0.25) is 0 Å². The quantitative estimate of drug-likeness (QED) is 0.761. The van der Waals surface area contributed by atoms with E-state index >= 15 is 0 Å². The van der Waals surface area contributed by atoms with Crippen LogP contribution in [0.5, 0.6) is 0 Å². The Labute approximate surface area is 159 Å². The Morgan fingerprint density at radius 3 is 2.00 bits per heavy atom. The number of anilines is 3. The Morgan fingerprint density at radius 2 is 1.48 bits per heavy atom. The second-order valence-electron chi connectivity index (χ2n) is 6.16. The fourth-order valence-electron chi connectivity index (χ4n) is 2.87. The monoisotopic (exact) mass is 371 g/mol. The van der Waals surface area contributed by atoms with E-state index in [0.717, 1.165) is 18.8 Å². The van der Waals surface area contributed by atoms with Gasteiger partial charge in [-0.15, -0.1) is 0 Å². The van der Waals surface area contributed by atoms with Crippen molar-refractivity contribution in [3.05, 3.63) is 54.3 Å². The molecule has 5 nitrogen and oxygen atoms in total. The van der Waals surface area contributed by atoms with Gasteiger partial charge in [0.05, 0.1) is 0 Å². The van der Waals surface area contributed by atoms with Crippen LogP contribution in [-0.2, 0) is 9.59 Å². The van der Waals surface area contributed by atoms with Crippen LogP contribution in [0.1, 0.15) is 27.2 Å². The van der Waals surface area contributed by atoms with Gasteiger partial charge >= 0.3 is 0 Å². The van der Waals surface area contributed by atoms with E-state index in [4.69, 9.17) is 0 Å². The van der Waals surface area contributed by atoms with Crippen LogP contribution in [0.25, 0.3) is 0 Å². The fourth-order valence-corrected chi connectivity index (χ4v) is 2.87. The Balaban J connectivity index is 1.94. The fraction of sp³-hybridized carbons (Fsp3) is 0.333. The SMILES string of the molecule is CCN(CC)c1ccc(NC(=O)CCN(C(C)=O)c2ccc(F)cc2)cc1. The number of halogens is 1. The number of carbonyl (C=O) groups excluding carboxylic acids is 2. The molecule has 2 amide bonds. The highest BCUT2D eigenvalue weighted by Gasteiger charge is 2.14. The van der Waals surface area contributed by atoms with Crippen molar-refractivity contribution in [1.29, 1.82) is 0 Å². The first kappa shape index (κ1) is 20.4. The van der Waals surface area contributed by atoms with E-state index in [2.05, 4.69) is 24.1 Å². The van der Waals surface area contributed by atoms with Crippen molar-refractivity contribution in [3.63, 3.8) is 0 Å². The molecule has 2 rings (SSSR count). The highest BCUT2D eigenvalue weighted by Crippen LogP contribution is 2.19. The smallest absolute Gasteiger partial charge is 0.226 e. The summed E-state index contributed by atoms with van der Waals surface area (Å²) >= 11 is 0. The van der Waals surface area contributed by atoms with E-state index in [0.29, 0.717) is 11.4 Å². The second-order valence-corrected chi connectivity index (χ2v) is 6.16. The number of nitrogens with one attached hydrogen (secondary N) is 1. The zero-order valence-corrected chi connectivity index (χ0v) is 16.0. The number of hydrogen-bond donors (Lipinski definition) is 1. The minimum absolute atomic E-state index is 0.148. The molecule has 2 aromatic carbocycles. The van der Waals surface area contributed by atoms with E-state index in [1.54, 1.807) is 0 Å². The van der Waals surface area contributed by atoms with Gasteiger partial charge in [0.1, 0.15) is 5.82 Å². The molecular formula is C21H26FN3O2. The molecule has 2 aromatic rings. The maximum atomic E-state index is 13.1. The van der Waals surface area contributed by atoms with Gasteiger partial charge in [-0.25, -0.2) is 4.39 Å². The summed E-state index contributed by atoms with van der Waals surface area (Å²) in [5.41, 5.74) is 2.39. The minimum Gasteiger partial charge on any atom is -0.372 e. The molecule has 0 aliphatic heterocycles. The molecule has 0 heterocycles. The Hall–Kier alpha value is -2.89. The Morgan fingerprint density at radius 1 is 0.926 bits per heavy atom. The normalized spacial score (nSPS) is 10.4. The highest BCUT2D eigenvalue weighted by molar-refractivity contribution is 5.94. The molecule has 144 valence electrons. The van der Waals surface area contributed by atoms with Gasteiger partial charge in [-0.1, -0.05) is 0 Å². The van der Waals surface area contributed by atoms with Crippen molar-refractivity contribution in [3.8, 4) is 0 Å². The predicted octanol–water partition coefficient (Wildman–Crippen LogP) is 4.05. The lowest BCUT2D eigenvalue weighted by molar-refractivity contribution is -0.117. The standard InChI is InChI=1S/C21H26FN3O2/c1-4-24(5-2)19-12-8-18(9-13-19)23-21(27)14-15-25(16(3)26)20-10-6-17(22)7-11-20/h6-13H,4-5,14-15H2,1-3H3,(H,23,27). The number of carbonyl (C=O) groups is 2. The average molecular weight is 371 g/mol. The molecule has 0 atom stereocenters. The maximum Gasteiger partial charge on any atom is 0.226 e. The molecule has 0 fully saturated rings. The summed E-state index contributed by atoms with van der Waals surface area (Å²) in [5, 5.41) is 2.84. The molecule has 1 N–H and O–H groups in total. The second kappa shape index (κ2) is 9.71. The van der Waals surface area contributed by atoms with Gasteiger partial charge in [0.15, 0.2) is 0 Å². The van der Waals surface area contributed by atoms with Gasteiger partial charge < -0.3 is 15.1 Å². The van der Waals surface area contributed by atoms with Crippen molar-refractivity contribution < 1.29 is 14.0 Å². The Bertz CT molecular complexity index is 756. The van der Waals surface area contributed by atoms with Crippen LogP contribution in [-0.4, -0.2) is 31.4 Å². The van der Waals surface area contributed by atoms with E-state index in [-0.39, 0.29) is 30.6 Å². The van der Waals surface area contributed by atoms with Crippen molar-refractivity contribution in [2.45, 2.75) is 27.2 Å². The zero-order valence-electron chi connectivity index (χ0n) is 16.0. The topological polar surface area (TPSA) is 52.7 Å². The zero-order chi connectivity index (χ0) is 19.8. The lowest BCUT2D eigenvalue weighted by Crippen LogP contribution is -2.31. The van der Waals surface area contributed by atoms with Crippen LogP contribution in [0, 0.1) is 5.82 Å². The third kappa shape index (κ3) is 5.81. The molecular weight excluding hydrogens is 345 g/mol. The van der Waals surface area contributed by atoms with Crippen molar-refractivity contribution >= 4 is 28.9 Å². The number of rotatable bonds is 8. The third-order valence-corrected chi connectivity index (χ3v) is 4.36. The van der Waals surface area contributed by atoms with Crippen LogP contribution < -0.4 is 15.1 Å². The first-order valence-corrected chi connectivity index (χ1v) is 9.13. The summed E-state index contributed by atoms with van der Waals surface area (Å²) in [5.74, 6) is -0.745. The van der Waals surface area contributed by atoms with Gasteiger partial charge in [-0.2, -0.15) is 0 Å². The van der Waals surface area contributed by atoms with Gasteiger partial charge in [0.2, 0.25) is 11.8 Å². The minimum atomic E-state index is -0.367. The number of nitrogens with zero attached hydrogens (tertiary/aromatic N) is 2. The number of benzene rings is 2. The lowest BCUT2D eigenvalue weighted by atomic mass is 10.2. The molecule has 0 saturated carbocycles. The van der Waals surface area contributed by atoms with Crippen LogP contribution in [0.15, 0.2) is 48.5 Å². The summed E-state index contributed by atoms with van der Waals surface area (Å²) in [6.45, 7) is 7.69. The molecule has 0 aliphatic carbocycles. The summed E-state index contributed by atoms with van der Waals surface area (Å²) in [4.78, 5) is 27.8. The summed E-state index contributed by atoms with van der Waals surface area (Å²) in [6, 6.07) is 13.3. The van der Waals surface area contributed by atoms with Crippen molar-refractivity contribution in [2.75, 3.05) is 34.8 Å². The van der Waals surface area contributed by atoms with E-state index < -0.39 is 0 Å². The molecule has 0 saturated heterocycles. The maximum absolute atomic E-state index is 13.1. The predicted molar refractivity (Wildman–Crippen MR) is 108 cm³/mol. The molecule has 0 aromatic heterocycles. The molecule has 0 radical (unpaired) electrons. The first-order valence-electron chi connectivity index (χ1n) is 9.13. The number of hydrogen-bond acceptors (Lipinski definition) is 3. The molecule has 0 aliphatic rings. The molecule has 6 heteroatoms. The van der Waals surface area contributed by atoms with E-state index in [1.807, 2.05) is 24.3 Å². The van der Waals surface area contributed by atoms with Gasteiger partial charge in [0, 0.05) is 50.0 Å². The molecule has 0 spiro atoms. The summed E-state index contributed by atoms with van der Waals surface area (Å²) in [7, 11) is 0.